The first-order chi connectivity index (χ1) is 16.7. The zero-order valence-electron chi connectivity index (χ0n) is 22.2. The van der Waals surface area contributed by atoms with Crippen LogP contribution >= 0.6 is 0 Å². The molecule has 3 aromatic rings. The summed E-state index contributed by atoms with van der Waals surface area (Å²) in [6.45, 7) is 13.6. The van der Waals surface area contributed by atoms with Crippen molar-refractivity contribution in [3.63, 3.8) is 0 Å². The molecule has 10 heteroatoms. The van der Waals surface area contributed by atoms with Crippen molar-refractivity contribution in [2.45, 2.75) is 66.6 Å². The molecule has 0 saturated heterocycles. The molecule has 10 nitrogen and oxygen atoms in total. The third-order valence-corrected chi connectivity index (χ3v) is 6.09. The van der Waals surface area contributed by atoms with Crippen molar-refractivity contribution in [2.24, 2.45) is 0 Å². The summed E-state index contributed by atoms with van der Waals surface area (Å²) in [4.78, 5) is 31.2. The van der Waals surface area contributed by atoms with Gasteiger partial charge in [-0.1, -0.05) is 6.92 Å². The fourth-order valence-corrected chi connectivity index (χ4v) is 3.43. The summed E-state index contributed by atoms with van der Waals surface area (Å²) >= 11 is 0. The molecule has 0 atom stereocenters. The molecule has 0 fully saturated rings. The number of aromatic nitrogens is 5. The summed E-state index contributed by atoms with van der Waals surface area (Å²) in [5, 5.41) is 8.09. The number of hydrogen-bond donors (Lipinski definition) is 1. The lowest BCUT2D eigenvalue weighted by atomic mass is 10.2. The summed E-state index contributed by atoms with van der Waals surface area (Å²) in [6, 6.07) is 4.17. The first kappa shape index (κ1) is 26.3. The van der Waals surface area contributed by atoms with E-state index in [-0.39, 0.29) is 18.0 Å². The largest absolute Gasteiger partial charge is 0.380 e. The Morgan fingerprint density at radius 1 is 1.14 bits per heavy atom. The molecule has 0 aliphatic heterocycles. The highest BCUT2D eigenvalue weighted by molar-refractivity contribution is 6.06. The van der Waals surface area contributed by atoms with E-state index in [4.69, 9.17) is 19.8 Å². The Bertz CT molecular complexity index is 1160. The molecule has 1 amide bonds. The van der Waals surface area contributed by atoms with Crippen LogP contribution in [0.3, 0.4) is 0 Å². The smallest absolute Gasteiger partial charge is 0.276 e. The average molecular weight is 483 g/mol. The first-order valence-electron chi connectivity index (χ1n) is 12.3. The van der Waals surface area contributed by atoms with Gasteiger partial charge in [0.25, 0.3) is 5.91 Å². The van der Waals surface area contributed by atoms with Crippen molar-refractivity contribution in [2.75, 3.05) is 37.5 Å². The van der Waals surface area contributed by atoms with Gasteiger partial charge in [-0.05, 0) is 58.7 Å². The number of nitrogens with one attached hydrogen (secondary N) is 1. The number of nitrogens with zero attached hydrogens (tertiary/aromatic N) is 7. The van der Waals surface area contributed by atoms with E-state index in [9.17, 15) is 4.79 Å². The molecule has 0 aliphatic carbocycles. The van der Waals surface area contributed by atoms with Crippen LogP contribution in [0.15, 0.2) is 18.3 Å². The zero-order chi connectivity index (χ0) is 25.7. The molecule has 0 bridgehead atoms. The second-order valence-corrected chi connectivity index (χ2v) is 9.08. The van der Waals surface area contributed by atoms with E-state index in [1.807, 2.05) is 44.9 Å². The number of aryl methyl sites for hydroxylation is 1. The van der Waals surface area contributed by atoms with Gasteiger partial charge in [0.1, 0.15) is 16.9 Å². The van der Waals surface area contributed by atoms with E-state index < -0.39 is 0 Å². The molecule has 190 valence electrons. The van der Waals surface area contributed by atoms with Gasteiger partial charge < -0.3 is 19.9 Å². The molecule has 3 heterocycles. The lowest BCUT2D eigenvalue weighted by Crippen LogP contribution is -2.33. The molecule has 3 rings (SSSR count). The molecular formula is C25H38N8O2. The number of carbonyl (C=O) groups excluding carboxylic acids is 1. The summed E-state index contributed by atoms with van der Waals surface area (Å²) in [7, 11) is 3.71. The van der Waals surface area contributed by atoms with Gasteiger partial charge in [0, 0.05) is 39.0 Å². The Morgan fingerprint density at radius 3 is 2.51 bits per heavy atom. The van der Waals surface area contributed by atoms with Crippen LogP contribution in [0.5, 0.6) is 0 Å². The minimum absolute atomic E-state index is 0.0179. The van der Waals surface area contributed by atoms with Gasteiger partial charge in [-0.3, -0.25) is 9.48 Å². The van der Waals surface area contributed by atoms with E-state index in [1.54, 1.807) is 22.8 Å². The fraction of sp³-hybridized carbons (Fsp3) is 0.560. The van der Waals surface area contributed by atoms with Gasteiger partial charge >= 0.3 is 0 Å². The second-order valence-electron chi connectivity index (χ2n) is 9.08. The van der Waals surface area contributed by atoms with Crippen LogP contribution in [0.2, 0.25) is 0 Å². The maximum atomic E-state index is 13.4. The van der Waals surface area contributed by atoms with E-state index in [2.05, 4.69) is 31.1 Å². The summed E-state index contributed by atoms with van der Waals surface area (Å²) < 4.78 is 7.35. The molecule has 0 unspecified atom stereocenters. The van der Waals surface area contributed by atoms with Crippen LogP contribution in [0.4, 0.5) is 17.6 Å². The summed E-state index contributed by atoms with van der Waals surface area (Å²) in [5.74, 6) is 1.54. The number of amides is 1. The predicted molar refractivity (Wildman–Crippen MR) is 139 cm³/mol. The van der Waals surface area contributed by atoms with E-state index >= 15 is 0 Å². The zero-order valence-corrected chi connectivity index (χ0v) is 22.2. The SMILES string of the molecule is CCOCCn1nc(C(=O)N(C)C(C)C)c2nc(N(C)C(C)C)nc(Nc3cc(CC)ccn3)c21. The Labute approximate surface area is 207 Å². The maximum absolute atomic E-state index is 13.4. The van der Waals surface area contributed by atoms with Crippen LogP contribution in [-0.4, -0.2) is 74.9 Å². The maximum Gasteiger partial charge on any atom is 0.276 e. The minimum atomic E-state index is -0.186. The normalized spacial score (nSPS) is 11.5. The van der Waals surface area contributed by atoms with E-state index in [0.717, 1.165) is 12.0 Å². The van der Waals surface area contributed by atoms with Gasteiger partial charge in [-0.2, -0.15) is 10.1 Å². The number of pyridine rings is 1. The van der Waals surface area contributed by atoms with Crippen LogP contribution in [0, 0.1) is 0 Å². The van der Waals surface area contributed by atoms with Crippen molar-refractivity contribution in [3.8, 4) is 0 Å². The molecule has 0 spiro atoms. The third-order valence-electron chi connectivity index (χ3n) is 6.09. The Hall–Kier alpha value is -3.27. The molecule has 0 aromatic carbocycles. The van der Waals surface area contributed by atoms with Crippen LogP contribution in [0.25, 0.3) is 11.0 Å². The van der Waals surface area contributed by atoms with Gasteiger partial charge in [0.2, 0.25) is 5.95 Å². The van der Waals surface area contributed by atoms with Crippen molar-refractivity contribution < 1.29 is 9.53 Å². The summed E-state index contributed by atoms with van der Waals surface area (Å²) in [5.41, 5.74) is 2.61. The van der Waals surface area contributed by atoms with Gasteiger partial charge in [0.15, 0.2) is 11.5 Å². The average Bonchev–Trinajstić information content (AvgIpc) is 3.21. The second kappa shape index (κ2) is 11.4. The van der Waals surface area contributed by atoms with Crippen molar-refractivity contribution in [3.05, 3.63) is 29.6 Å². The Morgan fingerprint density at radius 2 is 1.89 bits per heavy atom. The number of ether oxygens (including phenoxy) is 1. The number of hydrogen-bond acceptors (Lipinski definition) is 8. The lowest BCUT2D eigenvalue weighted by Gasteiger charge is -2.23. The molecule has 0 radical (unpaired) electrons. The third kappa shape index (κ3) is 5.87. The number of carbonyl (C=O) groups is 1. The monoisotopic (exact) mass is 482 g/mol. The quantitative estimate of drug-likeness (QED) is 0.411. The molecule has 0 saturated carbocycles. The highest BCUT2D eigenvalue weighted by atomic mass is 16.5. The first-order valence-corrected chi connectivity index (χ1v) is 12.3. The highest BCUT2D eigenvalue weighted by Crippen LogP contribution is 2.29. The highest BCUT2D eigenvalue weighted by Gasteiger charge is 2.27. The van der Waals surface area contributed by atoms with Crippen molar-refractivity contribution in [1.82, 2.24) is 29.6 Å². The fourth-order valence-electron chi connectivity index (χ4n) is 3.43. The number of rotatable bonds is 11. The predicted octanol–water partition coefficient (Wildman–Crippen LogP) is 3.89. The van der Waals surface area contributed by atoms with Gasteiger partial charge in [-0.15, -0.1) is 0 Å². The Balaban J connectivity index is 2.25. The molecule has 35 heavy (non-hydrogen) atoms. The molecular weight excluding hydrogens is 444 g/mol. The topological polar surface area (TPSA) is 101 Å². The van der Waals surface area contributed by atoms with Crippen LogP contribution in [0.1, 0.15) is 57.6 Å². The van der Waals surface area contributed by atoms with E-state index in [1.165, 1.54) is 0 Å². The number of anilines is 3. The Kier molecular flexibility index (Phi) is 8.61. The van der Waals surface area contributed by atoms with Gasteiger partial charge in [0.05, 0.1) is 13.2 Å². The van der Waals surface area contributed by atoms with E-state index in [0.29, 0.717) is 54.1 Å². The van der Waals surface area contributed by atoms with Crippen LogP contribution in [-0.2, 0) is 17.7 Å². The minimum Gasteiger partial charge on any atom is -0.380 e. The molecule has 0 aliphatic rings. The summed E-state index contributed by atoms with van der Waals surface area (Å²) in [6.07, 6.45) is 2.67. The standard InChI is InChI=1S/C25H38N8O2/c1-9-18-11-12-26-19(15-18)27-23-22-20(28-25(29-23)32(8)17(5)6)21(24(34)31(7)16(3)4)30-33(22)13-14-35-10-2/h11-12,15-17H,9-10,13-14H2,1-8H3,(H,26,27,28,29). The van der Waals surface area contributed by atoms with Crippen molar-refractivity contribution in [1.29, 1.82) is 0 Å². The molecule has 1 N–H and O–H groups in total. The molecule has 3 aromatic heterocycles. The lowest BCUT2D eigenvalue weighted by molar-refractivity contribution is 0.0748. The van der Waals surface area contributed by atoms with Crippen LogP contribution < -0.4 is 10.2 Å². The van der Waals surface area contributed by atoms with Gasteiger partial charge in [-0.25, -0.2) is 9.97 Å². The number of fused-ring (bicyclic) bond motifs is 1. The van der Waals surface area contributed by atoms with Crippen molar-refractivity contribution >= 4 is 34.5 Å².